The molecule has 4 rings (SSSR count). The van der Waals surface area contributed by atoms with Crippen molar-refractivity contribution in [3.8, 4) is 0 Å². The summed E-state index contributed by atoms with van der Waals surface area (Å²) in [5, 5.41) is 12.8. The van der Waals surface area contributed by atoms with Crippen LogP contribution < -0.4 is 49.9 Å². The van der Waals surface area contributed by atoms with Gasteiger partial charge in [0.1, 0.15) is 17.3 Å². The van der Waals surface area contributed by atoms with Gasteiger partial charge in [0, 0.05) is 52.0 Å². The fraction of sp³-hybridized carbons (Fsp3) is 0.304. The smallest absolute Gasteiger partial charge is 0.548 e. The number of anilines is 2. The number of hydrogen-bond donors (Lipinski definition) is 0. The van der Waals surface area contributed by atoms with E-state index in [-0.39, 0.29) is 40.6 Å². The molecular formula is C23H24ClN6NaO3. The second-order valence-corrected chi connectivity index (χ2v) is 8.51. The van der Waals surface area contributed by atoms with Crippen molar-refractivity contribution in [1.29, 1.82) is 0 Å². The first-order valence-electron chi connectivity index (χ1n) is 10.4. The molecule has 0 spiro atoms. The van der Waals surface area contributed by atoms with Gasteiger partial charge in [0.15, 0.2) is 5.43 Å². The molecule has 0 fully saturated rings. The van der Waals surface area contributed by atoms with Gasteiger partial charge in [0.25, 0.3) is 0 Å². The maximum Gasteiger partial charge on any atom is 1.00 e. The summed E-state index contributed by atoms with van der Waals surface area (Å²) in [4.78, 5) is 37.6. The maximum absolute atomic E-state index is 13.3. The number of aryl methyl sites for hydroxylation is 1. The summed E-state index contributed by atoms with van der Waals surface area (Å²) >= 11 is 6.44. The van der Waals surface area contributed by atoms with Crippen LogP contribution in [-0.4, -0.2) is 52.8 Å². The standard InChI is InChI=1S/C23H25ClN6O3.Na/c1-14-25-9-10-29(14)12-11-28(4)18-8-6-16-22(33)15-5-7-17(24)21(27(2)3)20(15)30(13-19(31)32)23(16)26-18;/h5-10H,11-13H2,1-4H3,(H,31,32);/q;+1/p-1. The van der Waals surface area contributed by atoms with E-state index in [1.165, 1.54) is 4.57 Å². The van der Waals surface area contributed by atoms with E-state index in [1.54, 1.807) is 49.5 Å². The predicted molar refractivity (Wildman–Crippen MR) is 128 cm³/mol. The Bertz CT molecular complexity index is 1430. The van der Waals surface area contributed by atoms with Crippen molar-refractivity contribution in [2.45, 2.75) is 20.0 Å². The third-order valence-corrected chi connectivity index (χ3v) is 6.01. The van der Waals surface area contributed by atoms with Gasteiger partial charge < -0.3 is 28.8 Å². The van der Waals surface area contributed by atoms with E-state index in [0.717, 1.165) is 5.82 Å². The number of benzene rings is 1. The molecule has 11 heteroatoms. The number of carboxylic acids is 1. The molecule has 0 bridgehead atoms. The molecule has 0 amide bonds. The number of nitrogens with zero attached hydrogens (tertiary/aromatic N) is 6. The van der Waals surface area contributed by atoms with Gasteiger partial charge in [0.2, 0.25) is 0 Å². The van der Waals surface area contributed by atoms with Gasteiger partial charge in [-0.05, 0) is 31.2 Å². The molecule has 9 nitrogen and oxygen atoms in total. The Hall–Kier alpha value is -2.59. The molecule has 0 saturated heterocycles. The molecule has 0 atom stereocenters. The van der Waals surface area contributed by atoms with E-state index >= 15 is 0 Å². The van der Waals surface area contributed by atoms with Gasteiger partial charge in [-0.3, -0.25) is 4.79 Å². The molecule has 1 aromatic carbocycles. The molecule has 0 saturated carbocycles. The minimum Gasteiger partial charge on any atom is -0.548 e. The van der Waals surface area contributed by atoms with Crippen molar-refractivity contribution in [3.63, 3.8) is 0 Å². The van der Waals surface area contributed by atoms with Gasteiger partial charge in [-0.2, -0.15) is 0 Å². The third-order valence-electron chi connectivity index (χ3n) is 5.70. The number of imidazole rings is 1. The van der Waals surface area contributed by atoms with E-state index in [9.17, 15) is 14.7 Å². The topological polar surface area (TPSA) is 99.3 Å². The Morgan fingerprint density at radius 1 is 1.15 bits per heavy atom. The minimum atomic E-state index is -1.29. The van der Waals surface area contributed by atoms with Crippen molar-refractivity contribution in [3.05, 3.63) is 57.7 Å². The van der Waals surface area contributed by atoms with Crippen molar-refractivity contribution in [1.82, 2.24) is 19.1 Å². The number of pyridine rings is 2. The van der Waals surface area contributed by atoms with Gasteiger partial charge in [-0.1, -0.05) is 11.6 Å². The first-order chi connectivity index (χ1) is 15.7. The zero-order chi connectivity index (χ0) is 23.9. The van der Waals surface area contributed by atoms with Crippen LogP contribution in [0.2, 0.25) is 5.02 Å². The van der Waals surface area contributed by atoms with E-state index in [0.29, 0.717) is 45.9 Å². The monoisotopic (exact) mass is 490 g/mol. The second kappa shape index (κ2) is 10.4. The number of halogens is 1. The number of aliphatic carboxylic acids is 1. The summed E-state index contributed by atoms with van der Waals surface area (Å²) in [6.45, 7) is 2.81. The van der Waals surface area contributed by atoms with Crippen LogP contribution in [0.1, 0.15) is 5.82 Å². The van der Waals surface area contributed by atoms with Crippen molar-refractivity contribution in [2.24, 2.45) is 0 Å². The first-order valence-corrected chi connectivity index (χ1v) is 10.8. The summed E-state index contributed by atoms with van der Waals surface area (Å²) in [7, 11) is 5.47. The van der Waals surface area contributed by atoms with E-state index in [1.807, 2.05) is 29.6 Å². The van der Waals surface area contributed by atoms with Crippen LogP contribution in [0.5, 0.6) is 0 Å². The molecule has 0 unspecified atom stereocenters. The first kappa shape index (κ1) is 26.0. The summed E-state index contributed by atoms with van der Waals surface area (Å²) < 4.78 is 3.53. The zero-order valence-corrected chi connectivity index (χ0v) is 22.6. The van der Waals surface area contributed by atoms with Crippen LogP contribution in [0, 0.1) is 6.92 Å². The number of likely N-dealkylation sites (N-methyl/N-ethyl adjacent to an activating group) is 1. The van der Waals surface area contributed by atoms with E-state index in [2.05, 4.69) is 4.98 Å². The quantitative estimate of drug-likeness (QED) is 0.234. The van der Waals surface area contributed by atoms with Gasteiger partial charge in [0.05, 0.1) is 34.1 Å². The Morgan fingerprint density at radius 2 is 1.85 bits per heavy atom. The molecule has 172 valence electrons. The predicted octanol–water partition coefficient (Wildman–Crippen LogP) is -1.34. The number of fused-ring (bicyclic) bond motifs is 2. The third kappa shape index (κ3) is 4.79. The summed E-state index contributed by atoms with van der Waals surface area (Å²) in [6, 6.07) is 6.71. The number of carbonyl (C=O) groups excluding carboxylic acids is 1. The maximum atomic E-state index is 13.3. The fourth-order valence-electron chi connectivity index (χ4n) is 4.02. The van der Waals surface area contributed by atoms with Crippen molar-refractivity contribution < 1.29 is 39.5 Å². The molecule has 3 heterocycles. The van der Waals surface area contributed by atoms with Crippen LogP contribution in [-0.2, 0) is 17.9 Å². The Balaban J connectivity index is 0.00000324. The summed E-state index contributed by atoms with van der Waals surface area (Å²) in [5.41, 5.74) is 0.997. The van der Waals surface area contributed by atoms with Crippen LogP contribution in [0.15, 0.2) is 41.5 Å². The number of rotatable bonds is 7. The number of aromatic nitrogens is 4. The Labute approximate surface area is 223 Å². The van der Waals surface area contributed by atoms with Gasteiger partial charge in [-0.25, -0.2) is 9.97 Å². The molecule has 4 aromatic rings. The largest absolute Gasteiger partial charge is 1.00 e. The molecule has 0 aliphatic carbocycles. The Morgan fingerprint density at radius 3 is 2.47 bits per heavy atom. The fourth-order valence-corrected chi connectivity index (χ4v) is 4.34. The van der Waals surface area contributed by atoms with Crippen LogP contribution in [0.3, 0.4) is 0 Å². The number of carboxylic acid groups (broad SMARTS) is 1. The summed E-state index contributed by atoms with van der Waals surface area (Å²) in [5.74, 6) is 0.235. The molecule has 0 N–H and O–H groups in total. The molecular weight excluding hydrogens is 467 g/mol. The van der Waals surface area contributed by atoms with Crippen molar-refractivity contribution in [2.75, 3.05) is 37.5 Å². The van der Waals surface area contributed by atoms with Gasteiger partial charge in [-0.15, -0.1) is 0 Å². The molecule has 0 aliphatic heterocycles. The van der Waals surface area contributed by atoms with Crippen LogP contribution in [0.4, 0.5) is 11.5 Å². The van der Waals surface area contributed by atoms with E-state index < -0.39 is 12.5 Å². The molecule has 0 aliphatic rings. The minimum absolute atomic E-state index is 0. The summed E-state index contributed by atoms with van der Waals surface area (Å²) in [6.07, 6.45) is 3.66. The number of carbonyl (C=O) groups is 1. The van der Waals surface area contributed by atoms with E-state index in [4.69, 9.17) is 16.6 Å². The average Bonchev–Trinajstić information content (AvgIpc) is 3.18. The molecule has 34 heavy (non-hydrogen) atoms. The molecule has 3 aromatic heterocycles. The Kier molecular flexibility index (Phi) is 7.92. The van der Waals surface area contributed by atoms with Crippen molar-refractivity contribution >= 4 is 51.0 Å². The molecule has 0 radical (unpaired) electrons. The zero-order valence-electron chi connectivity index (χ0n) is 19.9. The van der Waals surface area contributed by atoms with Gasteiger partial charge >= 0.3 is 29.6 Å². The van der Waals surface area contributed by atoms with Crippen LogP contribution in [0.25, 0.3) is 21.9 Å². The second-order valence-electron chi connectivity index (χ2n) is 8.10. The normalized spacial score (nSPS) is 11.0. The average molecular weight is 491 g/mol. The number of hydrogen-bond acceptors (Lipinski definition) is 7. The van der Waals surface area contributed by atoms with Crippen LogP contribution >= 0.6 is 11.6 Å². The SMILES string of the molecule is Cc1nccn1CCN(C)c1ccc2c(=O)c3ccc(Cl)c(N(C)C)c3n(CC(=O)[O-])c2n1.[Na+].